The summed E-state index contributed by atoms with van der Waals surface area (Å²) in [5.41, 5.74) is 2.10. The molecule has 0 bridgehead atoms. The Balaban J connectivity index is 1.85. The molecule has 3 rings (SSSR count). The first-order chi connectivity index (χ1) is 16.1. The van der Waals surface area contributed by atoms with Gasteiger partial charge < -0.3 is 14.8 Å². The zero-order valence-electron chi connectivity index (χ0n) is 20.6. The molecule has 34 heavy (non-hydrogen) atoms. The van der Waals surface area contributed by atoms with Crippen molar-refractivity contribution >= 4 is 11.9 Å². The number of amides is 1. The summed E-state index contributed by atoms with van der Waals surface area (Å²) in [5.74, 6) is 0.347. The maximum atomic E-state index is 13.1. The van der Waals surface area contributed by atoms with Crippen molar-refractivity contribution in [2.45, 2.75) is 46.6 Å². The molecule has 1 N–H and O–H groups in total. The number of methoxy groups -OCH3 is 1. The molecule has 1 aromatic carbocycles. The van der Waals surface area contributed by atoms with Crippen molar-refractivity contribution in [2.24, 2.45) is 13.0 Å². The Bertz CT molecular complexity index is 1190. The van der Waals surface area contributed by atoms with Crippen LogP contribution in [0.4, 0.5) is 0 Å². The van der Waals surface area contributed by atoms with E-state index in [1.165, 1.54) is 24.9 Å². The molecule has 1 amide bonds. The number of rotatable bonds is 8. The Hall–Kier alpha value is -3.75. The zero-order chi connectivity index (χ0) is 25.0. The number of carbonyl (C=O) groups is 2. The van der Waals surface area contributed by atoms with Crippen LogP contribution >= 0.6 is 0 Å². The van der Waals surface area contributed by atoms with E-state index in [0.29, 0.717) is 17.6 Å². The quantitative estimate of drug-likeness (QED) is 0.500. The van der Waals surface area contributed by atoms with E-state index < -0.39 is 17.9 Å². The summed E-state index contributed by atoms with van der Waals surface area (Å²) in [4.78, 5) is 34.0. The normalized spacial score (nSPS) is 12.0. The van der Waals surface area contributed by atoms with Crippen molar-refractivity contribution in [3.05, 3.63) is 53.6 Å². The summed E-state index contributed by atoms with van der Waals surface area (Å²) in [6.07, 6.45) is 1.42. The van der Waals surface area contributed by atoms with E-state index in [2.05, 4.69) is 46.4 Å². The third-order valence-corrected chi connectivity index (χ3v) is 5.30. The molecular formula is C25H31N5O4. The van der Waals surface area contributed by atoms with Crippen molar-refractivity contribution in [1.29, 1.82) is 0 Å². The molecule has 0 saturated carbocycles. The van der Waals surface area contributed by atoms with Gasteiger partial charge in [0, 0.05) is 24.9 Å². The lowest BCUT2D eigenvalue weighted by molar-refractivity contribution is -0.137. The number of aromatic nitrogens is 4. The molecule has 2 heterocycles. The molecule has 0 unspecified atom stereocenters. The van der Waals surface area contributed by atoms with Gasteiger partial charge in [-0.3, -0.25) is 9.59 Å². The average molecular weight is 466 g/mol. The number of nitrogens with zero attached hydrogens (tertiary/aromatic N) is 4. The number of hydrogen-bond donors (Lipinski definition) is 1. The Kier molecular flexibility index (Phi) is 7.65. The molecule has 3 aromatic rings. The van der Waals surface area contributed by atoms with Crippen LogP contribution in [0.15, 0.2) is 36.5 Å². The molecule has 9 heteroatoms. The van der Waals surface area contributed by atoms with Crippen LogP contribution in [-0.2, 0) is 11.8 Å². The predicted molar refractivity (Wildman–Crippen MR) is 128 cm³/mol. The molecule has 0 aliphatic rings. The third-order valence-electron chi connectivity index (χ3n) is 5.30. The highest BCUT2D eigenvalue weighted by atomic mass is 16.6. The van der Waals surface area contributed by atoms with Crippen LogP contribution in [0.25, 0.3) is 11.4 Å². The first kappa shape index (κ1) is 24.9. The van der Waals surface area contributed by atoms with Crippen LogP contribution in [0.2, 0.25) is 0 Å². The van der Waals surface area contributed by atoms with Gasteiger partial charge in [0.05, 0.1) is 19.1 Å². The van der Waals surface area contributed by atoms with Crippen LogP contribution in [0, 0.1) is 5.92 Å². The van der Waals surface area contributed by atoms with Crippen LogP contribution < -0.4 is 14.8 Å². The van der Waals surface area contributed by atoms with Gasteiger partial charge in [0.15, 0.2) is 23.1 Å². The second-order valence-electron chi connectivity index (χ2n) is 8.66. The number of hydrogen-bond acceptors (Lipinski definition) is 7. The van der Waals surface area contributed by atoms with E-state index in [9.17, 15) is 9.59 Å². The van der Waals surface area contributed by atoms with Gasteiger partial charge in [0.25, 0.3) is 5.91 Å². The summed E-state index contributed by atoms with van der Waals surface area (Å²) in [6, 6.07) is 9.16. The number of carbonyl (C=O) groups excluding carboxylic acids is 2. The molecule has 1 atom stereocenters. The van der Waals surface area contributed by atoms with Crippen LogP contribution in [-0.4, -0.2) is 38.7 Å². The summed E-state index contributed by atoms with van der Waals surface area (Å²) < 4.78 is 12.4. The number of pyridine rings is 1. The highest BCUT2D eigenvalue weighted by molar-refractivity contribution is 5.97. The number of aryl methyl sites for hydroxylation is 1. The maximum absolute atomic E-state index is 13.1. The van der Waals surface area contributed by atoms with Crippen molar-refractivity contribution in [1.82, 2.24) is 25.1 Å². The largest absolute Gasteiger partial charge is 0.493 e. The van der Waals surface area contributed by atoms with Gasteiger partial charge in [-0.05, 0) is 24.5 Å². The molecule has 9 nitrogen and oxygen atoms in total. The van der Waals surface area contributed by atoms with Gasteiger partial charge in [-0.2, -0.15) is 5.10 Å². The van der Waals surface area contributed by atoms with E-state index in [4.69, 9.17) is 9.47 Å². The van der Waals surface area contributed by atoms with Crippen molar-refractivity contribution < 1.29 is 19.1 Å². The Morgan fingerprint density at radius 1 is 1.09 bits per heavy atom. The van der Waals surface area contributed by atoms with Crippen molar-refractivity contribution in [2.75, 3.05) is 7.11 Å². The number of ether oxygens (including phenoxy) is 2. The summed E-state index contributed by atoms with van der Waals surface area (Å²) in [7, 11) is 3.25. The molecule has 0 aliphatic heterocycles. The standard InChI is InChI=1S/C25H31N5O4/c1-14(2)17-9-8-10-18(13-17)23-28-22(29-30(23)6)16(5)27-24(31)20-21(34-25(32)15(3)4)19(33-7)11-12-26-20/h8-16H,1-7H3,(H,27,31)/t16-/m0/s1. The Morgan fingerprint density at radius 2 is 1.82 bits per heavy atom. The van der Waals surface area contributed by atoms with Gasteiger partial charge in [-0.15, -0.1) is 0 Å². The van der Waals surface area contributed by atoms with E-state index >= 15 is 0 Å². The summed E-state index contributed by atoms with van der Waals surface area (Å²) >= 11 is 0. The Labute approximate surface area is 199 Å². The lowest BCUT2D eigenvalue weighted by Crippen LogP contribution is -2.29. The van der Waals surface area contributed by atoms with Crippen LogP contribution in [0.3, 0.4) is 0 Å². The SMILES string of the molecule is COc1ccnc(C(=O)N[C@@H](C)c2nc(-c3cccc(C(C)C)c3)n(C)n2)c1OC(=O)C(C)C. The number of nitrogens with one attached hydrogen (secondary N) is 1. The minimum absolute atomic E-state index is 0.0198. The second-order valence-corrected chi connectivity index (χ2v) is 8.66. The van der Waals surface area contributed by atoms with Crippen molar-refractivity contribution in [3.8, 4) is 22.9 Å². The van der Waals surface area contributed by atoms with Gasteiger partial charge in [-0.1, -0.05) is 45.9 Å². The van der Waals surface area contributed by atoms with E-state index in [1.54, 1.807) is 25.5 Å². The number of esters is 1. The molecular weight excluding hydrogens is 434 g/mol. The fourth-order valence-electron chi connectivity index (χ4n) is 3.28. The highest BCUT2D eigenvalue weighted by Gasteiger charge is 2.25. The third kappa shape index (κ3) is 5.41. The first-order valence-electron chi connectivity index (χ1n) is 11.2. The average Bonchev–Trinajstić information content (AvgIpc) is 3.20. The number of benzene rings is 1. The second kappa shape index (κ2) is 10.5. The summed E-state index contributed by atoms with van der Waals surface area (Å²) in [5, 5.41) is 7.34. The Morgan fingerprint density at radius 3 is 2.47 bits per heavy atom. The monoisotopic (exact) mass is 465 g/mol. The predicted octanol–water partition coefficient (Wildman–Crippen LogP) is 4.06. The molecule has 0 radical (unpaired) electrons. The van der Waals surface area contributed by atoms with Crippen LogP contribution in [0.1, 0.15) is 68.5 Å². The molecule has 180 valence electrons. The molecule has 2 aromatic heterocycles. The van der Waals surface area contributed by atoms with Gasteiger partial charge >= 0.3 is 5.97 Å². The van der Waals surface area contributed by atoms with Crippen molar-refractivity contribution in [3.63, 3.8) is 0 Å². The lowest BCUT2D eigenvalue weighted by atomic mass is 10.0. The topological polar surface area (TPSA) is 108 Å². The van der Waals surface area contributed by atoms with E-state index in [-0.39, 0.29) is 23.1 Å². The zero-order valence-corrected chi connectivity index (χ0v) is 20.6. The molecule has 0 saturated heterocycles. The fourth-order valence-corrected chi connectivity index (χ4v) is 3.28. The molecule has 0 aliphatic carbocycles. The smallest absolute Gasteiger partial charge is 0.313 e. The minimum atomic E-state index is -0.534. The lowest BCUT2D eigenvalue weighted by Gasteiger charge is -2.15. The van der Waals surface area contributed by atoms with Crippen LogP contribution in [0.5, 0.6) is 11.5 Å². The summed E-state index contributed by atoms with van der Waals surface area (Å²) in [6.45, 7) is 9.46. The van der Waals surface area contributed by atoms with Gasteiger partial charge in [0.2, 0.25) is 5.75 Å². The van der Waals surface area contributed by atoms with Gasteiger partial charge in [0.1, 0.15) is 0 Å². The molecule has 0 fully saturated rings. The fraction of sp³-hybridized carbons (Fsp3) is 0.400. The van der Waals surface area contributed by atoms with E-state index in [1.807, 2.05) is 19.2 Å². The van der Waals surface area contributed by atoms with Gasteiger partial charge in [-0.25, -0.2) is 14.6 Å². The minimum Gasteiger partial charge on any atom is -0.493 e. The maximum Gasteiger partial charge on any atom is 0.313 e. The highest BCUT2D eigenvalue weighted by Crippen LogP contribution is 2.31. The first-order valence-corrected chi connectivity index (χ1v) is 11.2. The van der Waals surface area contributed by atoms with E-state index in [0.717, 1.165) is 5.56 Å². The molecule has 0 spiro atoms.